The summed E-state index contributed by atoms with van der Waals surface area (Å²) in [6.45, 7) is 1.62. The summed E-state index contributed by atoms with van der Waals surface area (Å²) in [7, 11) is -1.41. The van der Waals surface area contributed by atoms with E-state index in [1.165, 1.54) is 24.3 Å². The number of hydrogen-bond acceptors (Lipinski definition) is 2. The van der Waals surface area contributed by atoms with Crippen molar-refractivity contribution in [3.8, 4) is 0 Å². The molecule has 0 spiro atoms. The first-order valence-electron chi connectivity index (χ1n) is 5.85. The van der Waals surface area contributed by atoms with Crippen LogP contribution < -0.4 is 0 Å². The van der Waals surface area contributed by atoms with Gasteiger partial charge in [0.15, 0.2) is 5.78 Å². The van der Waals surface area contributed by atoms with Gasteiger partial charge in [-0.1, -0.05) is 18.2 Å². The monoisotopic (exact) mass is 276 g/mol. The Morgan fingerprint density at radius 1 is 1.05 bits per heavy atom. The van der Waals surface area contributed by atoms with Gasteiger partial charge in [0.1, 0.15) is 5.82 Å². The van der Waals surface area contributed by atoms with Crippen LogP contribution in [0.25, 0.3) is 0 Å². The predicted octanol–water partition coefficient (Wildman–Crippen LogP) is 3.20. The zero-order chi connectivity index (χ0) is 13.8. The second-order valence-corrected chi connectivity index (χ2v) is 5.90. The SMILES string of the molecule is CC(C(=O)c1ccc(F)cc1)S(=O)c1ccccc1. The molecule has 2 aromatic carbocycles. The van der Waals surface area contributed by atoms with Crippen LogP contribution in [-0.2, 0) is 10.8 Å². The number of rotatable bonds is 4. The molecule has 0 saturated carbocycles. The van der Waals surface area contributed by atoms with E-state index in [0.717, 1.165) is 0 Å². The van der Waals surface area contributed by atoms with E-state index in [0.29, 0.717) is 10.5 Å². The van der Waals surface area contributed by atoms with E-state index in [1.54, 1.807) is 31.2 Å². The van der Waals surface area contributed by atoms with E-state index in [-0.39, 0.29) is 5.78 Å². The van der Waals surface area contributed by atoms with E-state index in [1.807, 2.05) is 6.07 Å². The maximum atomic E-state index is 12.8. The van der Waals surface area contributed by atoms with E-state index in [2.05, 4.69) is 0 Å². The molecule has 0 fully saturated rings. The van der Waals surface area contributed by atoms with Crippen LogP contribution >= 0.6 is 0 Å². The Morgan fingerprint density at radius 2 is 1.63 bits per heavy atom. The Balaban J connectivity index is 2.20. The molecular weight excluding hydrogens is 263 g/mol. The number of benzene rings is 2. The van der Waals surface area contributed by atoms with Gasteiger partial charge in [0.2, 0.25) is 0 Å². The first-order chi connectivity index (χ1) is 9.09. The van der Waals surface area contributed by atoms with Crippen molar-refractivity contribution < 1.29 is 13.4 Å². The summed E-state index contributed by atoms with van der Waals surface area (Å²) < 4.78 is 25.0. The smallest absolute Gasteiger partial charge is 0.178 e. The normalized spacial score (nSPS) is 13.8. The van der Waals surface area contributed by atoms with Gasteiger partial charge in [-0.05, 0) is 43.3 Å². The van der Waals surface area contributed by atoms with Crippen molar-refractivity contribution in [2.45, 2.75) is 17.1 Å². The lowest BCUT2D eigenvalue weighted by Crippen LogP contribution is -2.22. The van der Waals surface area contributed by atoms with Crippen LogP contribution in [0.1, 0.15) is 17.3 Å². The molecule has 0 aromatic heterocycles. The summed E-state index contributed by atoms with van der Waals surface area (Å²) in [6.07, 6.45) is 0. The molecule has 0 N–H and O–H groups in total. The molecular formula is C15H13FO2S. The number of ketones is 1. The average molecular weight is 276 g/mol. The molecule has 0 radical (unpaired) electrons. The number of Topliss-reactive ketones (excluding diaryl/α,β-unsaturated/α-hetero) is 1. The highest BCUT2D eigenvalue weighted by molar-refractivity contribution is 7.86. The molecule has 2 rings (SSSR count). The third-order valence-corrected chi connectivity index (χ3v) is 4.39. The van der Waals surface area contributed by atoms with E-state index in [9.17, 15) is 13.4 Å². The zero-order valence-electron chi connectivity index (χ0n) is 10.4. The zero-order valence-corrected chi connectivity index (χ0v) is 11.2. The van der Waals surface area contributed by atoms with Crippen LogP contribution in [0.15, 0.2) is 59.5 Å². The Kier molecular flexibility index (Phi) is 4.22. The second kappa shape index (κ2) is 5.89. The summed E-state index contributed by atoms with van der Waals surface area (Å²) in [4.78, 5) is 12.8. The van der Waals surface area contributed by atoms with Gasteiger partial charge in [0.25, 0.3) is 0 Å². The minimum atomic E-state index is -1.41. The fourth-order valence-electron chi connectivity index (χ4n) is 1.70. The first-order valence-corrected chi connectivity index (χ1v) is 7.06. The highest BCUT2D eigenvalue weighted by Gasteiger charge is 2.22. The molecule has 2 unspecified atom stereocenters. The Bertz CT molecular complexity index is 593. The van der Waals surface area contributed by atoms with Gasteiger partial charge < -0.3 is 0 Å². The van der Waals surface area contributed by atoms with E-state index >= 15 is 0 Å². The summed E-state index contributed by atoms with van der Waals surface area (Å²) in [5, 5.41) is -0.659. The molecule has 2 aromatic rings. The lowest BCUT2D eigenvalue weighted by molar-refractivity contribution is 0.0992. The molecule has 98 valence electrons. The molecule has 0 bridgehead atoms. The lowest BCUT2D eigenvalue weighted by Gasteiger charge is -2.10. The maximum Gasteiger partial charge on any atom is 0.178 e. The summed E-state index contributed by atoms with van der Waals surface area (Å²) >= 11 is 0. The summed E-state index contributed by atoms with van der Waals surface area (Å²) in [6, 6.07) is 14.1. The van der Waals surface area contributed by atoms with Gasteiger partial charge in [0, 0.05) is 10.5 Å². The summed E-state index contributed by atoms with van der Waals surface area (Å²) in [5.41, 5.74) is 0.373. The molecule has 2 atom stereocenters. The van der Waals surface area contributed by atoms with Gasteiger partial charge in [-0.15, -0.1) is 0 Å². The average Bonchev–Trinajstić information content (AvgIpc) is 2.46. The fourth-order valence-corrected chi connectivity index (χ4v) is 2.87. The lowest BCUT2D eigenvalue weighted by atomic mass is 10.1. The molecule has 4 heteroatoms. The fraction of sp³-hybridized carbons (Fsp3) is 0.133. The Hall–Kier alpha value is -1.81. The Morgan fingerprint density at radius 3 is 2.21 bits per heavy atom. The molecule has 0 heterocycles. The molecule has 0 aliphatic carbocycles. The molecule has 0 aliphatic rings. The van der Waals surface area contributed by atoms with Crippen LogP contribution in [0.5, 0.6) is 0 Å². The predicted molar refractivity (Wildman–Crippen MR) is 73.0 cm³/mol. The van der Waals surface area contributed by atoms with Gasteiger partial charge in [-0.25, -0.2) is 4.39 Å². The quantitative estimate of drug-likeness (QED) is 0.804. The molecule has 0 saturated heterocycles. The first kappa shape index (κ1) is 13.6. The molecule has 19 heavy (non-hydrogen) atoms. The van der Waals surface area contributed by atoms with Crippen molar-refractivity contribution in [1.82, 2.24) is 0 Å². The molecule has 2 nitrogen and oxygen atoms in total. The standard InChI is InChI=1S/C15H13FO2S/c1-11(19(18)14-5-3-2-4-6-14)15(17)12-7-9-13(16)10-8-12/h2-11H,1H3. The molecule has 0 aliphatic heterocycles. The van der Waals surface area contributed by atoms with Crippen molar-refractivity contribution in [1.29, 1.82) is 0 Å². The van der Waals surface area contributed by atoms with Gasteiger partial charge in [-0.2, -0.15) is 0 Å². The number of carbonyl (C=O) groups is 1. The number of carbonyl (C=O) groups excluding carboxylic acids is 1. The van der Waals surface area contributed by atoms with Gasteiger partial charge in [-0.3, -0.25) is 9.00 Å². The van der Waals surface area contributed by atoms with E-state index in [4.69, 9.17) is 0 Å². The number of hydrogen-bond donors (Lipinski definition) is 0. The largest absolute Gasteiger partial charge is 0.293 e. The summed E-state index contributed by atoms with van der Waals surface area (Å²) in [5.74, 6) is -0.643. The highest BCUT2D eigenvalue weighted by atomic mass is 32.2. The van der Waals surface area contributed by atoms with Gasteiger partial charge >= 0.3 is 0 Å². The van der Waals surface area contributed by atoms with Crippen LogP contribution in [0.2, 0.25) is 0 Å². The third-order valence-electron chi connectivity index (χ3n) is 2.79. The minimum absolute atomic E-state index is 0.248. The van der Waals surface area contributed by atoms with Crippen LogP contribution in [0.4, 0.5) is 4.39 Å². The maximum absolute atomic E-state index is 12.8. The van der Waals surface area contributed by atoms with Crippen LogP contribution in [-0.4, -0.2) is 15.2 Å². The minimum Gasteiger partial charge on any atom is -0.293 e. The Labute approximate surface area is 113 Å². The molecule has 0 amide bonds. The van der Waals surface area contributed by atoms with Crippen molar-refractivity contribution in [3.05, 3.63) is 66.0 Å². The van der Waals surface area contributed by atoms with Crippen molar-refractivity contribution in [2.75, 3.05) is 0 Å². The van der Waals surface area contributed by atoms with Crippen molar-refractivity contribution >= 4 is 16.6 Å². The van der Waals surface area contributed by atoms with Crippen LogP contribution in [0.3, 0.4) is 0 Å². The van der Waals surface area contributed by atoms with Crippen molar-refractivity contribution in [2.24, 2.45) is 0 Å². The second-order valence-electron chi connectivity index (χ2n) is 4.12. The van der Waals surface area contributed by atoms with Crippen LogP contribution in [0, 0.1) is 5.82 Å². The van der Waals surface area contributed by atoms with Crippen molar-refractivity contribution in [3.63, 3.8) is 0 Å². The van der Waals surface area contributed by atoms with Gasteiger partial charge in [0.05, 0.1) is 16.0 Å². The topological polar surface area (TPSA) is 34.1 Å². The van der Waals surface area contributed by atoms with E-state index < -0.39 is 21.9 Å². The number of halogens is 1. The highest BCUT2D eigenvalue weighted by Crippen LogP contribution is 2.15. The third kappa shape index (κ3) is 3.15.